The minimum atomic E-state index is 0.323. The van der Waals surface area contributed by atoms with E-state index < -0.39 is 0 Å². The summed E-state index contributed by atoms with van der Waals surface area (Å²) in [6.07, 6.45) is 4.96. The van der Waals surface area contributed by atoms with Gasteiger partial charge in [-0.1, -0.05) is 32.4 Å². The average Bonchev–Trinajstić information content (AvgIpc) is 2.00. The third kappa shape index (κ3) is 4.38. The van der Waals surface area contributed by atoms with Crippen LogP contribution in [0, 0.1) is 5.41 Å². The van der Waals surface area contributed by atoms with Gasteiger partial charge in [0, 0.05) is 18.6 Å². The van der Waals surface area contributed by atoms with E-state index >= 15 is 0 Å². The zero-order valence-corrected chi connectivity index (χ0v) is 11.4. The van der Waals surface area contributed by atoms with Gasteiger partial charge in [-0.2, -0.15) is 0 Å². The van der Waals surface area contributed by atoms with Gasteiger partial charge in [0.25, 0.3) is 0 Å². The molecule has 0 aromatic rings. The van der Waals surface area contributed by atoms with Gasteiger partial charge in [0.1, 0.15) is 0 Å². The van der Waals surface area contributed by atoms with E-state index in [-0.39, 0.29) is 0 Å². The summed E-state index contributed by atoms with van der Waals surface area (Å²) in [4.78, 5) is 2.55. The van der Waals surface area contributed by atoms with Crippen LogP contribution in [0.3, 0.4) is 0 Å². The van der Waals surface area contributed by atoms with Crippen molar-refractivity contribution in [3.05, 3.63) is 11.6 Å². The third-order valence-corrected chi connectivity index (χ3v) is 3.01. The second kappa shape index (κ2) is 4.29. The normalized spacial score (nSPS) is 20.3. The number of hydrogen-bond donors (Lipinski definition) is 0. The maximum Gasteiger partial charge on any atom is 0.0171 e. The fourth-order valence-corrected chi connectivity index (χ4v) is 2.16. The molecule has 0 saturated carbocycles. The molecular formula is C14H27N. The van der Waals surface area contributed by atoms with Gasteiger partial charge in [0.2, 0.25) is 0 Å². The Morgan fingerprint density at radius 1 is 1.13 bits per heavy atom. The smallest absolute Gasteiger partial charge is 0.0171 e. The van der Waals surface area contributed by atoms with Crippen LogP contribution in [0.2, 0.25) is 0 Å². The van der Waals surface area contributed by atoms with Gasteiger partial charge in [-0.3, -0.25) is 4.90 Å². The maximum absolute atomic E-state index is 2.55. The van der Waals surface area contributed by atoms with Gasteiger partial charge in [-0.05, 0) is 39.0 Å². The fraction of sp³-hybridized carbons (Fsp3) is 0.857. The highest BCUT2D eigenvalue weighted by atomic mass is 15.2. The molecule has 1 rings (SSSR count). The molecule has 1 aliphatic heterocycles. The first-order chi connectivity index (χ1) is 6.68. The highest BCUT2D eigenvalue weighted by molar-refractivity contribution is 5.10. The molecule has 0 spiro atoms. The Morgan fingerprint density at radius 3 is 2.07 bits per heavy atom. The molecule has 1 heterocycles. The molecule has 0 aliphatic carbocycles. The van der Waals surface area contributed by atoms with Crippen LogP contribution in [-0.4, -0.2) is 23.5 Å². The minimum absolute atomic E-state index is 0.323. The van der Waals surface area contributed by atoms with Crippen LogP contribution < -0.4 is 0 Å². The zero-order chi connectivity index (χ0) is 11.7. The van der Waals surface area contributed by atoms with E-state index in [1.54, 1.807) is 5.57 Å². The van der Waals surface area contributed by atoms with Crippen LogP contribution in [0.5, 0.6) is 0 Å². The van der Waals surface area contributed by atoms with Crippen molar-refractivity contribution in [3.63, 3.8) is 0 Å². The Morgan fingerprint density at radius 2 is 1.73 bits per heavy atom. The molecule has 0 atom stereocenters. The SMILES string of the molecule is CC(C)(C)CC1=CCN(C(C)(C)C)CC1. The number of rotatable bonds is 1. The first kappa shape index (κ1) is 12.8. The van der Waals surface area contributed by atoms with Gasteiger partial charge < -0.3 is 0 Å². The molecule has 0 radical (unpaired) electrons. The average molecular weight is 209 g/mol. The third-order valence-electron chi connectivity index (χ3n) is 3.01. The summed E-state index contributed by atoms with van der Waals surface area (Å²) in [6, 6.07) is 0. The Bertz CT molecular complexity index is 237. The zero-order valence-electron chi connectivity index (χ0n) is 11.4. The van der Waals surface area contributed by atoms with Gasteiger partial charge >= 0.3 is 0 Å². The maximum atomic E-state index is 2.55. The largest absolute Gasteiger partial charge is 0.295 e. The van der Waals surface area contributed by atoms with Crippen molar-refractivity contribution in [2.45, 2.75) is 59.9 Å². The summed E-state index contributed by atoms with van der Waals surface area (Å²) < 4.78 is 0. The number of hydrogen-bond acceptors (Lipinski definition) is 1. The summed E-state index contributed by atoms with van der Waals surface area (Å²) in [6.45, 7) is 16.2. The van der Waals surface area contributed by atoms with Crippen molar-refractivity contribution in [2.75, 3.05) is 13.1 Å². The van der Waals surface area contributed by atoms with Crippen LogP contribution in [0.4, 0.5) is 0 Å². The molecule has 0 unspecified atom stereocenters. The van der Waals surface area contributed by atoms with Crippen LogP contribution in [0.1, 0.15) is 54.4 Å². The van der Waals surface area contributed by atoms with Crippen LogP contribution in [-0.2, 0) is 0 Å². The van der Waals surface area contributed by atoms with E-state index in [4.69, 9.17) is 0 Å². The summed E-state index contributed by atoms with van der Waals surface area (Å²) >= 11 is 0. The summed E-state index contributed by atoms with van der Waals surface area (Å²) in [5.74, 6) is 0. The van der Waals surface area contributed by atoms with E-state index in [9.17, 15) is 0 Å². The van der Waals surface area contributed by atoms with Crippen molar-refractivity contribution < 1.29 is 0 Å². The summed E-state index contributed by atoms with van der Waals surface area (Å²) in [5.41, 5.74) is 2.42. The molecule has 15 heavy (non-hydrogen) atoms. The van der Waals surface area contributed by atoms with Crippen LogP contribution in [0.25, 0.3) is 0 Å². The minimum Gasteiger partial charge on any atom is -0.295 e. The standard InChI is InChI=1S/C14H27N/c1-13(2,3)11-12-7-9-15(10-8-12)14(4,5)6/h7H,8-11H2,1-6H3. The van der Waals surface area contributed by atoms with Gasteiger partial charge in [0.15, 0.2) is 0 Å². The molecule has 0 amide bonds. The van der Waals surface area contributed by atoms with E-state index in [1.165, 1.54) is 19.4 Å². The molecule has 1 aliphatic rings. The van der Waals surface area contributed by atoms with Crippen molar-refractivity contribution in [3.8, 4) is 0 Å². The van der Waals surface area contributed by atoms with Gasteiger partial charge in [-0.25, -0.2) is 0 Å². The van der Waals surface area contributed by atoms with Crippen LogP contribution in [0.15, 0.2) is 11.6 Å². The highest BCUT2D eigenvalue weighted by Gasteiger charge is 2.24. The molecular weight excluding hydrogens is 182 g/mol. The number of nitrogens with zero attached hydrogens (tertiary/aromatic N) is 1. The molecule has 0 N–H and O–H groups in total. The lowest BCUT2D eigenvalue weighted by molar-refractivity contribution is 0.147. The molecule has 0 aromatic heterocycles. The van der Waals surface area contributed by atoms with Gasteiger partial charge in [0.05, 0.1) is 0 Å². The monoisotopic (exact) mass is 209 g/mol. The van der Waals surface area contributed by atoms with E-state index in [2.05, 4.69) is 52.5 Å². The van der Waals surface area contributed by atoms with Crippen LogP contribution >= 0.6 is 0 Å². The molecule has 0 fully saturated rings. The topological polar surface area (TPSA) is 3.24 Å². The Labute approximate surface area is 95.5 Å². The van der Waals surface area contributed by atoms with Gasteiger partial charge in [-0.15, -0.1) is 0 Å². The van der Waals surface area contributed by atoms with Crippen molar-refractivity contribution >= 4 is 0 Å². The molecule has 0 saturated heterocycles. The summed E-state index contributed by atoms with van der Waals surface area (Å²) in [7, 11) is 0. The molecule has 0 bridgehead atoms. The Hall–Kier alpha value is -0.300. The lowest BCUT2D eigenvalue weighted by Gasteiger charge is -2.38. The van der Waals surface area contributed by atoms with E-state index in [1.807, 2.05) is 0 Å². The molecule has 1 nitrogen and oxygen atoms in total. The Balaban J connectivity index is 2.53. The highest BCUT2D eigenvalue weighted by Crippen LogP contribution is 2.29. The Kier molecular flexibility index (Phi) is 3.65. The quantitative estimate of drug-likeness (QED) is 0.593. The van der Waals surface area contributed by atoms with Crippen molar-refractivity contribution in [2.24, 2.45) is 5.41 Å². The molecule has 1 heteroatoms. The fourth-order valence-electron chi connectivity index (χ4n) is 2.16. The van der Waals surface area contributed by atoms with Crippen molar-refractivity contribution in [1.29, 1.82) is 0 Å². The first-order valence-corrected chi connectivity index (χ1v) is 6.11. The van der Waals surface area contributed by atoms with Crippen molar-refractivity contribution in [1.82, 2.24) is 4.90 Å². The molecule has 0 aromatic carbocycles. The predicted molar refractivity (Wildman–Crippen MR) is 68.1 cm³/mol. The predicted octanol–water partition coefficient (Wildman–Crippen LogP) is 3.85. The lowest BCUT2D eigenvalue weighted by Crippen LogP contribution is -2.43. The molecule has 88 valence electrons. The lowest BCUT2D eigenvalue weighted by atomic mass is 9.85. The second-order valence-corrected chi connectivity index (χ2v) is 6.97. The first-order valence-electron chi connectivity index (χ1n) is 6.11. The van der Waals surface area contributed by atoms with E-state index in [0.717, 1.165) is 6.54 Å². The second-order valence-electron chi connectivity index (χ2n) is 6.97. The summed E-state index contributed by atoms with van der Waals surface area (Å²) in [5, 5.41) is 0. The van der Waals surface area contributed by atoms with E-state index in [0.29, 0.717) is 11.0 Å².